The van der Waals surface area contributed by atoms with Crippen LogP contribution in [0.4, 0.5) is 0 Å². The molecule has 0 aliphatic carbocycles. The molecule has 210 valence electrons. The Morgan fingerprint density at radius 1 is 0.974 bits per heavy atom. The van der Waals surface area contributed by atoms with Gasteiger partial charge >= 0.3 is 5.97 Å². The first-order valence-corrected chi connectivity index (χ1v) is 12.8. The van der Waals surface area contributed by atoms with Gasteiger partial charge in [-0.3, -0.25) is 19.2 Å². The van der Waals surface area contributed by atoms with E-state index in [-0.39, 0.29) is 12.8 Å². The van der Waals surface area contributed by atoms with Crippen molar-refractivity contribution in [2.75, 3.05) is 6.54 Å². The number of amides is 3. The van der Waals surface area contributed by atoms with E-state index in [2.05, 4.69) is 30.9 Å². The van der Waals surface area contributed by atoms with Crippen LogP contribution in [-0.2, 0) is 32.0 Å². The molecule has 10 N–H and O–H groups in total. The Hall–Kier alpha value is -4.23. The number of carboxylic acids is 1. The van der Waals surface area contributed by atoms with E-state index in [9.17, 15) is 24.3 Å². The van der Waals surface area contributed by atoms with Crippen molar-refractivity contribution in [3.63, 3.8) is 0 Å². The number of carbonyl (C=O) groups excluding carboxylic acids is 3. The lowest BCUT2D eigenvalue weighted by atomic mass is 10.0. The lowest BCUT2D eigenvalue weighted by Crippen LogP contribution is -2.58. The molecule has 0 fully saturated rings. The van der Waals surface area contributed by atoms with Gasteiger partial charge in [0.15, 0.2) is 0 Å². The number of para-hydroxylation sites is 1. The van der Waals surface area contributed by atoms with E-state index in [4.69, 9.17) is 11.5 Å². The summed E-state index contributed by atoms with van der Waals surface area (Å²) in [7, 11) is 0. The Morgan fingerprint density at radius 3 is 2.36 bits per heavy atom. The first-order valence-electron chi connectivity index (χ1n) is 12.8. The van der Waals surface area contributed by atoms with Crippen molar-refractivity contribution in [1.29, 1.82) is 0 Å². The molecule has 39 heavy (non-hydrogen) atoms. The number of unbranched alkanes of at least 4 members (excludes halogenated alkanes) is 1. The van der Waals surface area contributed by atoms with Crippen molar-refractivity contribution >= 4 is 34.6 Å². The molecule has 0 aliphatic rings. The fourth-order valence-electron chi connectivity index (χ4n) is 4.12. The molecular formula is C26H36N8O5. The highest BCUT2D eigenvalue weighted by Crippen LogP contribution is 2.19. The van der Waals surface area contributed by atoms with Crippen molar-refractivity contribution in [2.45, 2.75) is 63.2 Å². The number of rotatable bonds is 15. The van der Waals surface area contributed by atoms with Gasteiger partial charge in [0.05, 0.1) is 12.4 Å². The number of aromatic nitrogens is 3. The molecule has 2 heterocycles. The predicted octanol–water partition coefficient (Wildman–Crippen LogP) is -0.309. The Bertz CT molecular complexity index is 1260. The number of nitrogens with one attached hydrogen (secondary N) is 5. The van der Waals surface area contributed by atoms with E-state index in [1.54, 1.807) is 6.20 Å². The van der Waals surface area contributed by atoms with Crippen LogP contribution in [0.2, 0.25) is 0 Å². The van der Waals surface area contributed by atoms with Gasteiger partial charge in [-0.2, -0.15) is 0 Å². The van der Waals surface area contributed by atoms with Gasteiger partial charge in [-0.1, -0.05) is 24.6 Å². The van der Waals surface area contributed by atoms with Crippen LogP contribution in [0.25, 0.3) is 10.9 Å². The average molecular weight is 541 g/mol. The summed E-state index contributed by atoms with van der Waals surface area (Å²) in [6.45, 7) is 1.81. The van der Waals surface area contributed by atoms with E-state index in [1.807, 2.05) is 24.3 Å². The molecule has 13 nitrogen and oxygen atoms in total. The quantitative estimate of drug-likeness (QED) is 0.119. The summed E-state index contributed by atoms with van der Waals surface area (Å²) in [6.07, 6.45) is 6.63. The van der Waals surface area contributed by atoms with E-state index >= 15 is 0 Å². The number of aliphatic carboxylic acids is 1. The maximum absolute atomic E-state index is 13.6. The molecule has 4 unspecified atom stereocenters. The van der Waals surface area contributed by atoms with Crippen molar-refractivity contribution in [1.82, 2.24) is 30.9 Å². The van der Waals surface area contributed by atoms with E-state index in [0.29, 0.717) is 25.1 Å². The largest absolute Gasteiger partial charge is 0.480 e. The van der Waals surface area contributed by atoms with Crippen LogP contribution in [0.15, 0.2) is 43.0 Å². The van der Waals surface area contributed by atoms with Gasteiger partial charge in [0.25, 0.3) is 0 Å². The number of H-pyrrole nitrogens is 2. The number of imidazole rings is 1. The molecule has 3 rings (SSSR count). The van der Waals surface area contributed by atoms with Crippen LogP contribution in [0, 0.1) is 0 Å². The van der Waals surface area contributed by atoms with Gasteiger partial charge in [0, 0.05) is 41.8 Å². The fraction of sp³-hybridized carbons (Fsp3) is 0.423. The first kappa shape index (κ1) is 29.3. The van der Waals surface area contributed by atoms with Crippen LogP contribution >= 0.6 is 0 Å². The number of fused-ring (bicyclic) bond motifs is 1. The van der Waals surface area contributed by atoms with Crippen LogP contribution in [-0.4, -0.2) is 74.5 Å². The first-order chi connectivity index (χ1) is 18.7. The number of carbonyl (C=O) groups is 4. The minimum absolute atomic E-state index is 0.0241. The minimum Gasteiger partial charge on any atom is -0.480 e. The minimum atomic E-state index is -1.22. The van der Waals surface area contributed by atoms with Gasteiger partial charge in [-0.15, -0.1) is 0 Å². The van der Waals surface area contributed by atoms with Crippen LogP contribution in [0.3, 0.4) is 0 Å². The van der Waals surface area contributed by atoms with Gasteiger partial charge in [-0.05, 0) is 37.9 Å². The highest BCUT2D eigenvalue weighted by molar-refractivity contribution is 5.95. The summed E-state index contributed by atoms with van der Waals surface area (Å²) >= 11 is 0. The second-order valence-corrected chi connectivity index (χ2v) is 9.43. The normalized spacial score (nSPS) is 14.2. The molecule has 0 saturated carbocycles. The summed E-state index contributed by atoms with van der Waals surface area (Å²) in [5, 5.41) is 17.9. The molecular weight excluding hydrogens is 504 g/mol. The SMILES string of the molecule is CC(NC(=O)C(Cc1cnc[nH]1)NC(=O)C(Cc1c[nH]c2ccccc12)NC(=O)C(N)CCCCN)C(=O)O. The molecule has 1 aromatic carbocycles. The molecule has 3 aromatic rings. The topological polar surface area (TPSA) is 221 Å². The van der Waals surface area contributed by atoms with Crippen molar-refractivity contribution in [3.8, 4) is 0 Å². The number of carboxylic acid groups (broad SMARTS) is 1. The van der Waals surface area contributed by atoms with Gasteiger partial charge in [-0.25, -0.2) is 4.98 Å². The third-order valence-corrected chi connectivity index (χ3v) is 6.38. The summed E-state index contributed by atoms with van der Waals surface area (Å²) in [5.41, 5.74) is 13.8. The third-order valence-electron chi connectivity index (χ3n) is 6.38. The average Bonchev–Trinajstić information content (AvgIpc) is 3.57. The standard InChI is InChI=1S/C26H36N8O5/c1-15(26(38)39)32-24(36)22(11-17-13-29-14-31-17)34-25(37)21(33-23(35)19(28)7-4-5-9-27)10-16-12-30-20-8-3-2-6-18(16)20/h2-3,6,8,12-15,19,21-22,30H,4-5,7,9-11,27-28H2,1H3,(H,29,31)(H,32,36)(H,33,35)(H,34,37)(H,38,39). The van der Waals surface area contributed by atoms with E-state index < -0.39 is 47.9 Å². The summed E-state index contributed by atoms with van der Waals surface area (Å²) < 4.78 is 0. The molecule has 4 atom stereocenters. The third kappa shape index (κ3) is 8.38. The number of hydrogen-bond donors (Lipinski definition) is 8. The number of nitrogens with two attached hydrogens (primary N) is 2. The lowest BCUT2D eigenvalue weighted by Gasteiger charge is -2.24. The lowest BCUT2D eigenvalue weighted by molar-refractivity contribution is -0.141. The second kappa shape index (κ2) is 14.1. The molecule has 0 saturated heterocycles. The molecule has 2 aromatic heterocycles. The fourth-order valence-corrected chi connectivity index (χ4v) is 4.12. The zero-order chi connectivity index (χ0) is 28.4. The van der Waals surface area contributed by atoms with Crippen LogP contribution in [0.5, 0.6) is 0 Å². The molecule has 0 spiro atoms. The molecule has 3 amide bonds. The maximum Gasteiger partial charge on any atom is 0.325 e. The van der Waals surface area contributed by atoms with E-state index in [1.165, 1.54) is 19.4 Å². The van der Waals surface area contributed by atoms with Crippen LogP contribution in [0.1, 0.15) is 37.4 Å². The number of aromatic amines is 2. The van der Waals surface area contributed by atoms with Crippen molar-refractivity contribution < 1.29 is 24.3 Å². The monoisotopic (exact) mass is 540 g/mol. The van der Waals surface area contributed by atoms with Crippen molar-refractivity contribution in [2.24, 2.45) is 11.5 Å². The van der Waals surface area contributed by atoms with Gasteiger partial charge < -0.3 is 42.5 Å². The smallest absolute Gasteiger partial charge is 0.325 e. The number of hydrogen-bond acceptors (Lipinski definition) is 7. The predicted molar refractivity (Wildman–Crippen MR) is 144 cm³/mol. The van der Waals surface area contributed by atoms with Gasteiger partial charge in [0.2, 0.25) is 17.7 Å². The Morgan fingerprint density at radius 2 is 1.67 bits per heavy atom. The molecule has 0 bridgehead atoms. The zero-order valence-electron chi connectivity index (χ0n) is 21.8. The van der Waals surface area contributed by atoms with Gasteiger partial charge in [0.1, 0.15) is 18.1 Å². The highest BCUT2D eigenvalue weighted by Gasteiger charge is 2.30. The summed E-state index contributed by atoms with van der Waals surface area (Å²) in [5.74, 6) is -3.03. The Balaban J connectivity index is 1.82. The second-order valence-electron chi connectivity index (χ2n) is 9.43. The number of benzene rings is 1. The Kier molecular flexibility index (Phi) is 10.6. The van der Waals surface area contributed by atoms with E-state index in [0.717, 1.165) is 22.9 Å². The highest BCUT2D eigenvalue weighted by atomic mass is 16.4. The molecule has 13 heteroatoms. The summed E-state index contributed by atoms with van der Waals surface area (Å²) in [6, 6.07) is 3.33. The summed E-state index contributed by atoms with van der Waals surface area (Å²) in [4.78, 5) is 60.7. The molecule has 0 aliphatic heterocycles. The van der Waals surface area contributed by atoms with Crippen molar-refractivity contribution in [3.05, 3.63) is 54.2 Å². The van der Waals surface area contributed by atoms with Crippen LogP contribution < -0.4 is 27.4 Å². The Labute approximate surface area is 225 Å². The zero-order valence-corrected chi connectivity index (χ0v) is 21.8. The number of nitrogens with zero attached hydrogens (tertiary/aromatic N) is 1. The maximum atomic E-state index is 13.6. The molecule has 0 radical (unpaired) electrons.